The zero-order chi connectivity index (χ0) is 15.4. The van der Waals surface area contributed by atoms with E-state index in [0.717, 1.165) is 11.1 Å². The third-order valence-corrected chi connectivity index (χ3v) is 3.23. The van der Waals surface area contributed by atoms with Crippen molar-refractivity contribution in [1.82, 2.24) is 0 Å². The van der Waals surface area contributed by atoms with Gasteiger partial charge in [-0.05, 0) is 43.7 Å². The second-order valence-corrected chi connectivity index (χ2v) is 5.01. The van der Waals surface area contributed by atoms with Crippen molar-refractivity contribution in [2.45, 2.75) is 20.0 Å². The van der Waals surface area contributed by atoms with Crippen LogP contribution in [0.3, 0.4) is 0 Å². The van der Waals surface area contributed by atoms with E-state index in [1.54, 1.807) is 25.3 Å². The van der Waals surface area contributed by atoms with E-state index in [9.17, 15) is 9.50 Å². The van der Waals surface area contributed by atoms with E-state index in [1.165, 1.54) is 6.07 Å². The lowest BCUT2D eigenvalue weighted by atomic mass is 10.1. The number of halogens is 1. The summed E-state index contributed by atoms with van der Waals surface area (Å²) in [7, 11) is 1.54. The quantitative estimate of drug-likeness (QED) is 0.915. The summed E-state index contributed by atoms with van der Waals surface area (Å²) in [5, 5.41) is 10.3. The Bertz CT molecular complexity index is 625. The highest BCUT2D eigenvalue weighted by atomic mass is 19.1. The van der Waals surface area contributed by atoms with Gasteiger partial charge in [0.25, 0.3) is 0 Å². The Hall–Kier alpha value is -2.07. The molecular formula is C17H19FO3. The number of aliphatic hydroxyl groups excluding tert-OH is 1. The van der Waals surface area contributed by atoms with Gasteiger partial charge in [0.2, 0.25) is 0 Å². The minimum atomic E-state index is -0.889. The molecule has 3 nitrogen and oxygen atoms in total. The normalized spacial score (nSPS) is 12.0. The Morgan fingerprint density at radius 2 is 1.71 bits per heavy atom. The van der Waals surface area contributed by atoms with Crippen molar-refractivity contribution in [1.29, 1.82) is 0 Å². The van der Waals surface area contributed by atoms with E-state index in [2.05, 4.69) is 0 Å². The molecule has 4 heteroatoms. The predicted molar refractivity (Wildman–Crippen MR) is 79.3 cm³/mol. The molecular weight excluding hydrogens is 271 g/mol. The van der Waals surface area contributed by atoms with E-state index in [4.69, 9.17) is 9.47 Å². The second-order valence-electron chi connectivity index (χ2n) is 5.01. The van der Waals surface area contributed by atoms with Crippen LogP contribution in [0.1, 0.15) is 22.8 Å². The van der Waals surface area contributed by atoms with Crippen LogP contribution in [-0.4, -0.2) is 18.8 Å². The average molecular weight is 290 g/mol. The molecule has 0 bridgehead atoms. The van der Waals surface area contributed by atoms with Gasteiger partial charge in [0, 0.05) is 5.56 Å². The van der Waals surface area contributed by atoms with Crippen LogP contribution in [0.15, 0.2) is 36.4 Å². The standard InChI is InChI=1S/C17H19FO3/c1-11-5-7-16(20-3)13(8-11)15(19)10-21-17-9-12(2)4-6-14(17)18/h4-9,15,19H,10H2,1-3H3. The highest BCUT2D eigenvalue weighted by Crippen LogP contribution is 2.27. The maximum absolute atomic E-state index is 13.6. The molecule has 0 aliphatic rings. The molecule has 2 rings (SSSR count). The van der Waals surface area contributed by atoms with Gasteiger partial charge in [0.1, 0.15) is 18.5 Å². The number of ether oxygens (including phenoxy) is 2. The maximum Gasteiger partial charge on any atom is 0.165 e. The first-order valence-electron chi connectivity index (χ1n) is 6.73. The lowest BCUT2D eigenvalue weighted by molar-refractivity contribution is 0.103. The van der Waals surface area contributed by atoms with E-state index in [-0.39, 0.29) is 12.4 Å². The third kappa shape index (κ3) is 3.73. The Balaban J connectivity index is 2.13. The lowest BCUT2D eigenvalue weighted by Gasteiger charge is -2.16. The van der Waals surface area contributed by atoms with Crippen LogP contribution in [0.4, 0.5) is 4.39 Å². The summed E-state index contributed by atoms with van der Waals surface area (Å²) in [6.07, 6.45) is -0.889. The Kier molecular flexibility index (Phi) is 4.81. The third-order valence-electron chi connectivity index (χ3n) is 3.23. The summed E-state index contributed by atoms with van der Waals surface area (Å²) in [6, 6.07) is 10.2. The van der Waals surface area contributed by atoms with Crippen LogP contribution in [-0.2, 0) is 0 Å². The molecule has 0 saturated carbocycles. The Morgan fingerprint density at radius 1 is 1.05 bits per heavy atom. The molecule has 0 amide bonds. The first-order valence-corrected chi connectivity index (χ1v) is 6.73. The van der Waals surface area contributed by atoms with Gasteiger partial charge in [0.05, 0.1) is 7.11 Å². The van der Waals surface area contributed by atoms with Crippen LogP contribution < -0.4 is 9.47 Å². The van der Waals surface area contributed by atoms with Gasteiger partial charge < -0.3 is 14.6 Å². The molecule has 0 aliphatic carbocycles. The molecule has 1 N–H and O–H groups in total. The van der Waals surface area contributed by atoms with Crippen LogP contribution in [0.5, 0.6) is 11.5 Å². The minimum absolute atomic E-state index is 0.0415. The summed E-state index contributed by atoms with van der Waals surface area (Å²) in [4.78, 5) is 0. The first-order chi connectivity index (χ1) is 10.0. The van der Waals surface area contributed by atoms with E-state index >= 15 is 0 Å². The molecule has 0 aromatic heterocycles. The van der Waals surface area contributed by atoms with Crippen molar-refractivity contribution in [2.24, 2.45) is 0 Å². The summed E-state index contributed by atoms with van der Waals surface area (Å²) in [5.41, 5.74) is 2.53. The van der Waals surface area contributed by atoms with E-state index in [0.29, 0.717) is 11.3 Å². The van der Waals surface area contributed by atoms with Gasteiger partial charge in [-0.2, -0.15) is 0 Å². The average Bonchev–Trinajstić information content (AvgIpc) is 2.47. The van der Waals surface area contributed by atoms with E-state index < -0.39 is 11.9 Å². The molecule has 0 fully saturated rings. The largest absolute Gasteiger partial charge is 0.496 e. The number of aliphatic hydroxyl groups is 1. The van der Waals surface area contributed by atoms with Crippen molar-refractivity contribution >= 4 is 0 Å². The van der Waals surface area contributed by atoms with Crippen molar-refractivity contribution in [3.63, 3.8) is 0 Å². The number of rotatable bonds is 5. The molecule has 21 heavy (non-hydrogen) atoms. The number of benzene rings is 2. The van der Waals surface area contributed by atoms with Crippen LogP contribution in [0.2, 0.25) is 0 Å². The number of hydrogen-bond acceptors (Lipinski definition) is 3. The smallest absolute Gasteiger partial charge is 0.165 e. The zero-order valence-corrected chi connectivity index (χ0v) is 12.4. The van der Waals surface area contributed by atoms with Crippen molar-refractivity contribution < 1.29 is 19.0 Å². The van der Waals surface area contributed by atoms with Crippen LogP contribution >= 0.6 is 0 Å². The molecule has 2 aromatic rings. The molecule has 0 aliphatic heterocycles. The summed E-state index contributed by atoms with van der Waals surface area (Å²) in [6.45, 7) is 3.74. The van der Waals surface area contributed by atoms with E-state index in [1.807, 2.05) is 26.0 Å². The molecule has 0 spiro atoms. The summed E-state index contributed by atoms with van der Waals surface area (Å²) < 4.78 is 24.2. The molecule has 1 unspecified atom stereocenters. The summed E-state index contributed by atoms with van der Waals surface area (Å²) in [5.74, 6) is 0.283. The van der Waals surface area contributed by atoms with Gasteiger partial charge in [-0.15, -0.1) is 0 Å². The van der Waals surface area contributed by atoms with Gasteiger partial charge in [-0.1, -0.05) is 17.7 Å². The highest BCUT2D eigenvalue weighted by molar-refractivity contribution is 5.38. The van der Waals surface area contributed by atoms with Gasteiger partial charge in [-0.3, -0.25) is 0 Å². The SMILES string of the molecule is COc1ccc(C)cc1C(O)COc1cc(C)ccc1F. The molecule has 0 saturated heterocycles. The maximum atomic E-state index is 13.6. The topological polar surface area (TPSA) is 38.7 Å². The van der Waals surface area contributed by atoms with Crippen LogP contribution in [0.25, 0.3) is 0 Å². The number of methoxy groups -OCH3 is 1. The molecule has 1 atom stereocenters. The number of hydrogen-bond donors (Lipinski definition) is 1. The highest BCUT2D eigenvalue weighted by Gasteiger charge is 2.15. The second kappa shape index (κ2) is 6.59. The van der Waals surface area contributed by atoms with Crippen LogP contribution in [0, 0.1) is 19.7 Å². The summed E-state index contributed by atoms with van der Waals surface area (Å²) >= 11 is 0. The lowest BCUT2D eigenvalue weighted by Crippen LogP contribution is -2.12. The van der Waals surface area contributed by atoms with Crippen molar-refractivity contribution in [3.05, 3.63) is 58.9 Å². The monoisotopic (exact) mass is 290 g/mol. The van der Waals surface area contributed by atoms with Gasteiger partial charge >= 0.3 is 0 Å². The Morgan fingerprint density at radius 3 is 2.43 bits per heavy atom. The van der Waals surface area contributed by atoms with Gasteiger partial charge in [-0.25, -0.2) is 4.39 Å². The zero-order valence-electron chi connectivity index (χ0n) is 12.4. The number of aryl methyl sites for hydroxylation is 2. The predicted octanol–water partition coefficient (Wildman–Crippen LogP) is 3.56. The minimum Gasteiger partial charge on any atom is -0.496 e. The molecule has 0 heterocycles. The molecule has 0 radical (unpaired) electrons. The fraction of sp³-hybridized carbons (Fsp3) is 0.294. The fourth-order valence-corrected chi connectivity index (χ4v) is 2.09. The first kappa shape index (κ1) is 15.3. The Labute approximate surface area is 124 Å². The molecule has 112 valence electrons. The molecule has 2 aromatic carbocycles. The van der Waals surface area contributed by atoms with Gasteiger partial charge in [0.15, 0.2) is 11.6 Å². The van der Waals surface area contributed by atoms with Crippen molar-refractivity contribution in [3.8, 4) is 11.5 Å². The fourth-order valence-electron chi connectivity index (χ4n) is 2.09. The van der Waals surface area contributed by atoms with Crippen molar-refractivity contribution in [2.75, 3.05) is 13.7 Å².